The van der Waals surface area contributed by atoms with E-state index >= 15 is 0 Å². The monoisotopic (exact) mass is 556 g/mol. The SMILES string of the molecule is Cc1ccccc1OCCOc1ccc(C2/C(=C(\O)c3ccccc3)C(=O)C(=O)N2CCCN2CCOCC2)cc1. The molecule has 0 spiro atoms. The second kappa shape index (κ2) is 13.5. The fourth-order valence-electron chi connectivity index (χ4n) is 5.27. The number of likely N-dealkylation sites (tertiary alicyclic amines) is 1. The largest absolute Gasteiger partial charge is 0.507 e. The number of aryl methyl sites for hydroxylation is 1. The van der Waals surface area contributed by atoms with Gasteiger partial charge in [-0.2, -0.15) is 0 Å². The molecule has 2 aliphatic heterocycles. The Morgan fingerprint density at radius 3 is 2.29 bits per heavy atom. The van der Waals surface area contributed by atoms with Crippen LogP contribution in [0.5, 0.6) is 11.5 Å². The second-order valence-electron chi connectivity index (χ2n) is 10.2. The lowest BCUT2D eigenvalue weighted by Crippen LogP contribution is -2.38. The summed E-state index contributed by atoms with van der Waals surface area (Å²) in [5, 5.41) is 11.2. The molecule has 1 amide bonds. The zero-order valence-corrected chi connectivity index (χ0v) is 23.3. The molecule has 5 rings (SSSR count). The van der Waals surface area contributed by atoms with Gasteiger partial charge in [0, 0.05) is 31.7 Å². The Balaban J connectivity index is 1.32. The number of ketones is 1. The molecule has 41 heavy (non-hydrogen) atoms. The first kappa shape index (κ1) is 28.4. The lowest BCUT2D eigenvalue weighted by Gasteiger charge is -2.29. The average Bonchev–Trinajstić information content (AvgIpc) is 3.26. The number of aliphatic hydroxyl groups excluding tert-OH is 1. The van der Waals surface area contributed by atoms with Gasteiger partial charge in [0.15, 0.2) is 0 Å². The highest BCUT2D eigenvalue weighted by Crippen LogP contribution is 2.40. The fraction of sp³-hybridized carbons (Fsp3) is 0.333. The summed E-state index contributed by atoms with van der Waals surface area (Å²) in [6.45, 7) is 7.07. The minimum atomic E-state index is -0.696. The Morgan fingerprint density at radius 1 is 0.878 bits per heavy atom. The van der Waals surface area contributed by atoms with Crippen molar-refractivity contribution in [2.75, 3.05) is 52.6 Å². The van der Waals surface area contributed by atoms with E-state index in [2.05, 4.69) is 4.90 Å². The van der Waals surface area contributed by atoms with Crippen molar-refractivity contribution in [3.63, 3.8) is 0 Å². The zero-order valence-electron chi connectivity index (χ0n) is 23.3. The van der Waals surface area contributed by atoms with Crippen molar-refractivity contribution in [3.05, 3.63) is 101 Å². The molecule has 3 aromatic carbocycles. The highest BCUT2D eigenvalue weighted by atomic mass is 16.5. The van der Waals surface area contributed by atoms with Crippen molar-refractivity contribution < 1.29 is 28.9 Å². The van der Waals surface area contributed by atoms with Gasteiger partial charge in [-0.05, 0) is 42.7 Å². The van der Waals surface area contributed by atoms with Crippen molar-refractivity contribution in [3.8, 4) is 11.5 Å². The van der Waals surface area contributed by atoms with Crippen molar-refractivity contribution >= 4 is 17.4 Å². The first-order valence-electron chi connectivity index (χ1n) is 14.1. The Morgan fingerprint density at radius 2 is 1.56 bits per heavy atom. The predicted molar refractivity (Wildman–Crippen MR) is 156 cm³/mol. The number of hydrogen-bond acceptors (Lipinski definition) is 7. The Bertz CT molecular complexity index is 1370. The molecule has 8 heteroatoms. The molecule has 0 radical (unpaired) electrons. The Labute approximate surface area is 240 Å². The lowest BCUT2D eigenvalue weighted by atomic mass is 9.95. The number of Topliss-reactive ketones (excluding diaryl/α,β-unsaturated/α-hetero) is 1. The van der Waals surface area contributed by atoms with Crippen LogP contribution >= 0.6 is 0 Å². The van der Waals surface area contributed by atoms with E-state index in [4.69, 9.17) is 14.2 Å². The van der Waals surface area contributed by atoms with E-state index in [1.54, 1.807) is 29.2 Å². The number of morpholine rings is 1. The minimum Gasteiger partial charge on any atom is -0.507 e. The van der Waals surface area contributed by atoms with Crippen LogP contribution in [0.15, 0.2) is 84.4 Å². The molecule has 2 fully saturated rings. The maximum Gasteiger partial charge on any atom is 0.295 e. The number of amides is 1. The summed E-state index contributed by atoms with van der Waals surface area (Å²) in [5.41, 5.74) is 2.40. The molecule has 1 atom stereocenters. The van der Waals surface area contributed by atoms with Crippen LogP contribution in [0.2, 0.25) is 0 Å². The van der Waals surface area contributed by atoms with Crippen LogP contribution in [-0.4, -0.2) is 79.2 Å². The van der Waals surface area contributed by atoms with Gasteiger partial charge in [-0.3, -0.25) is 14.5 Å². The fourth-order valence-corrected chi connectivity index (χ4v) is 5.27. The summed E-state index contributed by atoms with van der Waals surface area (Å²) in [4.78, 5) is 30.4. The third-order valence-electron chi connectivity index (χ3n) is 7.46. The van der Waals surface area contributed by atoms with Gasteiger partial charge in [0.1, 0.15) is 30.5 Å². The molecule has 0 aliphatic carbocycles. The van der Waals surface area contributed by atoms with E-state index < -0.39 is 17.7 Å². The molecule has 0 bridgehead atoms. The third kappa shape index (κ3) is 6.78. The maximum atomic E-state index is 13.3. The van der Waals surface area contributed by atoms with Gasteiger partial charge in [0.05, 0.1) is 24.8 Å². The van der Waals surface area contributed by atoms with E-state index in [-0.39, 0.29) is 11.3 Å². The number of nitrogens with zero attached hydrogens (tertiary/aromatic N) is 2. The van der Waals surface area contributed by atoms with Gasteiger partial charge >= 0.3 is 0 Å². The van der Waals surface area contributed by atoms with Crippen LogP contribution in [0.1, 0.15) is 29.2 Å². The van der Waals surface area contributed by atoms with Crippen LogP contribution in [0.4, 0.5) is 0 Å². The van der Waals surface area contributed by atoms with Crippen LogP contribution in [0.25, 0.3) is 5.76 Å². The maximum absolute atomic E-state index is 13.3. The summed E-state index contributed by atoms with van der Waals surface area (Å²) in [6.07, 6.45) is 0.705. The van der Waals surface area contributed by atoms with Gasteiger partial charge in [-0.25, -0.2) is 0 Å². The zero-order chi connectivity index (χ0) is 28.6. The van der Waals surface area contributed by atoms with Crippen molar-refractivity contribution in [1.82, 2.24) is 9.80 Å². The molecule has 1 unspecified atom stereocenters. The normalized spacial score (nSPS) is 19.0. The van der Waals surface area contributed by atoms with E-state index in [0.717, 1.165) is 36.5 Å². The Hall–Kier alpha value is -4.14. The van der Waals surface area contributed by atoms with Crippen molar-refractivity contribution in [1.29, 1.82) is 0 Å². The number of rotatable bonds is 11. The third-order valence-corrected chi connectivity index (χ3v) is 7.46. The van der Waals surface area contributed by atoms with Gasteiger partial charge in [0.2, 0.25) is 0 Å². The van der Waals surface area contributed by atoms with Crippen LogP contribution < -0.4 is 9.47 Å². The van der Waals surface area contributed by atoms with Gasteiger partial charge in [-0.1, -0.05) is 60.7 Å². The predicted octanol–water partition coefficient (Wildman–Crippen LogP) is 4.60. The van der Waals surface area contributed by atoms with Crippen LogP contribution in [0, 0.1) is 6.92 Å². The number of ether oxygens (including phenoxy) is 3. The number of aliphatic hydroxyl groups is 1. The van der Waals surface area contributed by atoms with Gasteiger partial charge in [0.25, 0.3) is 11.7 Å². The van der Waals surface area contributed by atoms with Crippen LogP contribution in [0.3, 0.4) is 0 Å². The first-order valence-corrected chi connectivity index (χ1v) is 14.1. The van der Waals surface area contributed by atoms with Gasteiger partial charge in [-0.15, -0.1) is 0 Å². The van der Waals surface area contributed by atoms with Crippen molar-refractivity contribution in [2.45, 2.75) is 19.4 Å². The summed E-state index contributed by atoms with van der Waals surface area (Å²) in [5.74, 6) is 0.0422. The summed E-state index contributed by atoms with van der Waals surface area (Å²) in [6, 6.07) is 23.3. The number of carbonyl (C=O) groups is 2. The molecule has 2 saturated heterocycles. The Kier molecular flexibility index (Phi) is 9.33. The van der Waals surface area contributed by atoms with E-state index in [1.165, 1.54) is 0 Å². The summed E-state index contributed by atoms with van der Waals surface area (Å²) >= 11 is 0. The lowest BCUT2D eigenvalue weighted by molar-refractivity contribution is -0.140. The molecule has 1 N–H and O–H groups in total. The first-order chi connectivity index (χ1) is 20.0. The molecule has 3 aromatic rings. The second-order valence-corrected chi connectivity index (χ2v) is 10.2. The summed E-state index contributed by atoms with van der Waals surface area (Å²) in [7, 11) is 0. The summed E-state index contributed by atoms with van der Waals surface area (Å²) < 4.78 is 17.1. The standard InChI is InChI=1S/C33H36N2O6/c1-24-8-5-6-11-28(24)41-23-22-40-27-14-12-25(13-15-27)30-29(31(36)26-9-3-2-4-10-26)32(37)33(38)35(30)17-7-16-34-18-20-39-21-19-34/h2-6,8-15,30,36H,7,16-23H2,1H3/b31-29+. The minimum absolute atomic E-state index is 0.105. The molecule has 214 valence electrons. The quantitative estimate of drug-likeness (QED) is 0.160. The molecular formula is C33H36N2O6. The molecule has 0 saturated carbocycles. The number of carbonyl (C=O) groups excluding carboxylic acids is 2. The average molecular weight is 557 g/mol. The van der Waals surface area contributed by atoms with E-state index in [1.807, 2.05) is 61.5 Å². The molecular weight excluding hydrogens is 520 g/mol. The highest BCUT2D eigenvalue weighted by molar-refractivity contribution is 6.46. The molecule has 8 nitrogen and oxygen atoms in total. The van der Waals surface area contributed by atoms with Crippen molar-refractivity contribution in [2.24, 2.45) is 0 Å². The van der Waals surface area contributed by atoms with Gasteiger partial charge < -0.3 is 24.2 Å². The molecule has 2 heterocycles. The van der Waals surface area contributed by atoms with Crippen LogP contribution in [-0.2, 0) is 14.3 Å². The molecule has 2 aliphatic rings. The number of para-hydroxylation sites is 1. The topological polar surface area (TPSA) is 88.5 Å². The van der Waals surface area contributed by atoms with E-state index in [0.29, 0.717) is 50.7 Å². The number of hydrogen-bond donors (Lipinski definition) is 1. The highest BCUT2D eigenvalue weighted by Gasteiger charge is 2.45. The smallest absolute Gasteiger partial charge is 0.295 e. The molecule has 0 aromatic heterocycles. The number of benzene rings is 3. The van der Waals surface area contributed by atoms with E-state index in [9.17, 15) is 14.7 Å².